The van der Waals surface area contributed by atoms with Crippen molar-refractivity contribution in [3.05, 3.63) is 29.3 Å². The Kier molecular flexibility index (Phi) is 4.95. The van der Waals surface area contributed by atoms with Crippen molar-refractivity contribution in [1.82, 2.24) is 10.6 Å². The van der Waals surface area contributed by atoms with Crippen LogP contribution >= 0.6 is 0 Å². The molecule has 5 nitrogen and oxygen atoms in total. The van der Waals surface area contributed by atoms with Gasteiger partial charge in [0.1, 0.15) is 5.75 Å². The second-order valence-corrected chi connectivity index (χ2v) is 7.62. The molecule has 0 radical (unpaired) electrons. The number of hydrogen-bond acceptors (Lipinski definition) is 4. The molecule has 1 saturated heterocycles. The van der Waals surface area contributed by atoms with Gasteiger partial charge in [-0.05, 0) is 62.3 Å². The number of carbonyl (C=O) groups excluding carboxylic acids is 1. The Labute approximate surface area is 149 Å². The normalized spacial score (nSPS) is 26.3. The van der Waals surface area contributed by atoms with Crippen LogP contribution in [-0.2, 0) is 4.74 Å². The van der Waals surface area contributed by atoms with Gasteiger partial charge in [0.15, 0.2) is 0 Å². The quantitative estimate of drug-likeness (QED) is 0.798. The fraction of sp³-hybridized carbons (Fsp3) is 0.650. The van der Waals surface area contributed by atoms with Crippen LogP contribution in [0.15, 0.2) is 18.2 Å². The van der Waals surface area contributed by atoms with E-state index in [2.05, 4.69) is 16.7 Å². The lowest BCUT2D eigenvalue weighted by molar-refractivity contribution is 0.0695. The topological polar surface area (TPSA) is 59.6 Å². The summed E-state index contributed by atoms with van der Waals surface area (Å²) in [6.07, 6.45) is 5.68. The van der Waals surface area contributed by atoms with E-state index in [0.717, 1.165) is 38.5 Å². The van der Waals surface area contributed by atoms with Crippen molar-refractivity contribution in [2.45, 2.75) is 50.1 Å². The van der Waals surface area contributed by atoms with Crippen LogP contribution < -0.4 is 15.4 Å². The standard InChI is InChI=1S/C20H28N2O3/c1-24-19-5-4-14(16-11-18(16)21-12-13-2-3-13)10-17(19)20(23)22-15-6-8-25-9-7-15/h4-5,10,13,15-16,18,21H,2-3,6-9,11-12H2,1H3,(H,22,23). The second-order valence-electron chi connectivity index (χ2n) is 7.62. The molecule has 2 saturated carbocycles. The van der Waals surface area contributed by atoms with E-state index < -0.39 is 0 Å². The Morgan fingerprint density at radius 2 is 2.04 bits per heavy atom. The molecule has 1 aromatic rings. The van der Waals surface area contributed by atoms with Gasteiger partial charge in [0.05, 0.1) is 12.7 Å². The van der Waals surface area contributed by atoms with Gasteiger partial charge in [0, 0.05) is 31.2 Å². The number of nitrogens with one attached hydrogen (secondary N) is 2. The van der Waals surface area contributed by atoms with E-state index in [1.165, 1.54) is 24.8 Å². The van der Waals surface area contributed by atoms with Crippen molar-refractivity contribution in [1.29, 1.82) is 0 Å². The highest BCUT2D eigenvalue weighted by Crippen LogP contribution is 2.42. The minimum atomic E-state index is -0.0336. The molecular weight excluding hydrogens is 316 g/mol. The minimum absolute atomic E-state index is 0.0336. The van der Waals surface area contributed by atoms with Crippen LogP contribution in [0.2, 0.25) is 0 Å². The first-order chi connectivity index (χ1) is 12.2. The van der Waals surface area contributed by atoms with Crippen molar-refractivity contribution >= 4 is 5.91 Å². The third kappa shape index (κ3) is 4.15. The summed E-state index contributed by atoms with van der Waals surface area (Å²) < 4.78 is 10.8. The highest BCUT2D eigenvalue weighted by Gasteiger charge is 2.39. The SMILES string of the molecule is COc1ccc(C2CC2NCC2CC2)cc1C(=O)NC1CCOCC1. The summed E-state index contributed by atoms with van der Waals surface area (Å²) in [6.45, 7) is 2.59. The molecule has 1 aromatic carbocycles. The molecule has 2 aliphatic carbocycles. The maximum absolute atomic E-state index is 12.7. The minimum Gasteiger partial charge on any atom is -0.496 e. The predicted octanol–water partition coefficient (Wildman–Crippen LogP) is 2.46. The van der Waals surface area contributed by atoms with Gasteiger partial charge in [-0.25, -0.2) is 0 Å². The Morgan fingerprint density at radius 1 is 1.24 bits per heavy atom. The van der Waals surface area contributed by atoms with Gasteiger partial charge in [0.2, 0.25) is 0 Å². The van der Waals surface area contributed by atoms with Crippen LogP contribution in [-0.4, -0.2) is 44.9 Å². The first kappa shape index (κ1) is 16.9. The molecular formula is C20H28N2O3. The number of carbonyl (C=O) groups is 1. The van der Waals surface area contributed by atoms with Crippen LogP contribution in [0.5, 0.6) is 5.75 Å². The zero-order valence-corrected chi connectivity index (χ0v) is 14.9. The number of rotatable bonds is 7. The zero-order valence-electron chi connectivity index (χ0n) is 14.9. The summed E-state index contributed by atoms with van der Waals surface area (Å²) in [5, 5.41) is 6.81. The number of hydrogen-bond donors (Lipinski definition) is 2. The van der Waals surface area contributed by atoms with Gasteiger partial charge in [-0.15, -0.1) is 0 Å². The molecule has 0 bridgehead atoms. The fourth-order valence-corrected chi connectivity index (χ4v) is 3.67. The number of benzene rings is 1. The number of ether oxygens (including phenoxy) is 2. The molecule has 1 heterocycles. The smallest absolute Gasteiger partial charge is 0.255 e. The van der Waals surface area contributed by atoms with Crippen molar-refractivity contribution in [2.24, 2.45) is 5.92 Å². The highest BCUT2D eigenvalue weighted by molar-refractivity contribution is 5.97. The molecule has 5 heteroatoms. The molecule has 1 aliphatic heterocycles. The van der Waals surface area contributed by atoms with Gasteiger partial charge in [-0.2, -0.15) is 0 Å². The lowest BCUT2D eigenvalue weighted by atomic mass is 10.0. The third-order valence-electron chi connectivity index (χ3n) is 5.61. The predicted molar refractivity (Wildman–Crippen MR) is 96.2 cm³/mol. The van der Waals surface area contributed by atoms with E-state index >= 15 is 0 Å². The molecule has 136 valence electrons. The Bertz CT molecular complexity index is 623. The molecule has 2 unspecified atom stereocenters. The molecule has 3 fully saturated rings. The molecule has 3 aliphatic rings. The van der Waals surface area contributed by atoms with E-state index in [1.54, 1.807) is 7.11 Å². The molecule has 0 spiro atoms. The first-order valence-corrected chi connectivity index (χ1v) is 9.54. The summed E-state index contributed by atoms with van der Waals surface area (Å²) in [6, 6.07) is 6.83. The van der Waals surface area contributed by atoms with Crippen molar-refractivity contribution in [3.63, 3.8) is 0 Å². The molecule has 2 atom stereocenters. The van der Waals surface area contributed by atoms with Crippen molar-refractivity contribution in [3.8, 4) is 5.75 Å². The zero-order chi connectivity index (χ0) is 17.2. The Morgan fingerprint density at radius 3 is 2.76 bits per heavy atom. The molecule has 0 aromatic heterocycles. The van der Waals surface area contributed by atoms with Gasteiger partial charge in [-0.1, -0.05) is 6.07 Å². The maximum Gasteiger partial charge on any atom is 0.255 e. The van der Waals surface area contributed by atoms with E-state index in [1.807, 2.05) is 12.1 Å². The van der Waals surface area contributed by atoms with Crippen molar-refractivity contribution in [2.75, 3.05) is 26.9 Å². The van der Waals surface area contributed by atoms with Crippen LogP contribution in [0.3, 0.4) is 0 Å². The second kappa shape index (κ2) is 7.34. The fourth-order valence-electron chi connectivity index (χ4n) is 3.67. The summed E-state index contributed by atoms with van der Waals surface area (Å²) in [5.41, 5.74) is 1.89. The number of amides is 1. The third-order valence-corrected chi connectivity index (χ3v) is 5.61. The summed E-state index contributed by atoms with van der Waals surface area (Å²) >= 11 is 0. The lowest BCUT2D eigenvalue weighted by Gasteiger charge is -2.23. The molecule has 1 amide bonds. The molecule has 4 rings (SSSR count). The molecule has 25 heavy (non-hydrogen) atoms. The van der Waals surface area contributed by atoms with Gasteiger partial charge in [0.25, 0.3) is 5.91 Å². The summed E-state index contributed by atoms with van der Waals surface area (Å²) in [4.78, 5) is 12.7. The van der Waals surface area contributed by atoms with Gasteiger partial charge in [-0.3, -0.25) is 4.79 Å². The number of methoxy groups -OCH3 is 1. The molecule has 2 N–H and O–H groups in total. The van der Waals surface area contributed by atoms with E-state index in [4.69, 9.17) is 9.47 Å². The van der Waals surface area contributed by atoms with Crippen molar-refractivity contribution < 1.29 is 14.3 Å². The van der Waals surface area contributed by atoms with Crippen LogP contribution in [0, 0.1) is 5.92 Å². The van der Waals surface area contributed by atoms with E-state index in [-0.39, 0.29) is 11.9 Å². The maximum atomic E-state index is 12.7. The van der Waals surface area contributed by atoms with E-state index in [9.17, 15) is 4.79 Å². The van der Waals surface area contributed by atoms with Crippen LogP contribution in [0.25, 0.3) is 0 Å². The highest BCUT2D eigenvalue weighted by atomic mass is 16.5. The monoisotopic (exact) mass is 344 g/mol. The van der Waals surface area contributed by atoms with Crippen LogP contribution in [0.4, 0.5) is 0 Å². The van der Waals surface area contributed by atoms with Gasteiger partial charge < -0.3 is 20.1 Å². The average molecular weight is 344 g/mol. The van der Waals surface area contributed by atoms with Crippen LogP contribution in [0.1, 0.15) is 53.9 Å². The Hall–Kier alpha value is -1.59. The average Bonchev–Trinajstić information content (AvgIpc) is 3.55. The first-order valence-electron chi connectivity index (χ1n) is 9.54. The largest absolute Gasteiger partial charge is 0.496 e. The summed E-state index contributed by atoms with van der Waals surface area (Å²) in [7, 11) is 1.62. The summed E-state index contributed by atoms with van der Waals surface area (Å²) in [5.74, 6) is 2.04. The lowest BCUT2D eigenvalue weighted by Crippen LogP contribution is -2.39. The van der Waals surface area contributed by atoms with E-state index in [0.29, 0.717) is 23.3 Å². The van der Waals surface area contributed by atoms with Gasteiger partial charge >= 0.3 is 0 Å². The Balaban J connectivity index is 1.41.